The van der Waals surface area contributed by atoms with E-state index in [2.05, 4.69) is 13.8 Å². The number of carbonyl (C=O) groups excluding carboxylic acids is 1. The minimum atomic E-state index is -0.312. The number of ketones is 1. The van der Waals surface area contributed by atoms with Crippen LogP contribution >= 0.6 is 21.6 Å². The molecule has 1 aliphatic heterocycles. The Morgan fingerprint density at radius 3 is 2.57 bits per heavy atom. The minimum absolute atomic E-state index is 0.0558. The fourth-order valence-electron chi connectivity index (χ4n) is 8.24. The largest absolute Gasteiger partial charge is 0.393 e. The van der Waals surface area contributed by atoms with Gasteiger partial charge in [0, 0.05) is 17.1 Å². The lowest BCUT2D eigenvalue weighted by atomic mass is 9.45. The lowest BCUT2D eigenvalue weighted by Crippen LogP contribution is -2.54. The fraction of sp³-hybridized carbons (Fsp3) is 0.957. The van der Waals surface area contributed by atoms with Gasteiger partial charge in [-0.25, -0.2) is 0 Å². The zero-order valence-corrected chi connectivity index (χ0v) is 18.9. The van der Waals surface area contributed by atoms with Gasteiger partial charge >= 0.3 is 0 Å². The standard InChI is InChI=1S/C23H36O3S2/c1-22-8-5-14(24)11-13(22)3-4-15-17(22)6-9-23(2)18(15)12-16(21(23)26)20-19(25)7-10-27-28-20/h13-20,24-25H,3-12H2,1-2H3/t13?,14-,15?,16?,17?,18?,19-,20?,22+,23+/m1/s1. The predicted molar refractivity (Wildman–Crippen MR) is 116 cm³/mol. The normalized spacial score (nSPS) is 56.6. The molecule has 0 aromatic carbocycles. The maximum Gasteiger partial charge on any atom is 0.143 e. The summed E-state index contributed by atoms with van der Waals surface area (Å²) in [5.74, 6) is 4.10. The zero-order chi connectivity index (χ0) is 19.7. The van der Waals surface area contributed by atoms with Gasteiger partial charge in [0.2, 0.25) is 0 Å². The molecule has 5 rings (SSSR count). The summed E-state index contributed by atoms with van der Waals surface area (Å²) in [5.41, 5.74) is 0.200. The van der Waals surface area contributed by atoms with Crippen LogP contribution in [0.3, 0.4) is 0 Å². The molecule has 158 valence electrons. The topological polar surface area (TPSA) is 57.5 Å². The van der Waals surface area contributed by atoms with Crippen molar-refractivity contribution in [3.05, 3.63) is 0 Å². The van der Waals surface area contributed by atoms with Gasteiger partial charge in [0.15, 0.2) is 0 Å². The molecule has 0 amide bonds. The van der Waals surface area contributed by atoms with Crippen molar-refractivity contribution < 1.29 is 15.0 Å². The van der Waals surface area contributed by atoms with E-state index in [1.807, 2.05) is 10.8 Å². The van der Waals surface area contributed by atoms with Crippen LogP contribution in [0.5, 0.6) is 0 Å². The summed E-state index contributed by atoms with van der Waals surface area (Å²) >= 11 is 0. The maximum atomic E-state index is 13.6. The Morgan fingerprint density at radius 2 is 1.79 bits per heavy atom. The summed E-state index contributed by atoms with van der Waals surface area (Å²) in [6, 6.07) is 0. The van der Waals surface area contributed by atoms with Crippen molar-refractivity contribution in [1.29, 1.82) is 0 Å². The highest BCUT2D eigenvalue weighted by Gasteiger charge is 2.63. The first kappa shape index (κ1) is 20.2. The summed E-state index contributed by atoms with van der Waals surface area (Å²) in [7, 11) is 3.63. The van der Waals surface area contributed by atoms with Crippen molar-refractivity contribution in [2.24, 2.45) is 40.4 Å². The molecule has 6 unspecified atom stereocenters. The molecule has 1 saturated heterocycles. The number of carbonyl (C=O) groups is 1. The second kappa shape index (κ2) is 7.17. The smallest absolute Gasteiger partial charge is 0.143 e. The quantitative estimate of drug-likeness (QED) is 0.598. The maximum absolute atomic E-state index is 13.6. The van der Waals surface area contributed by atoms with E-state index in [9.17, 15) is 15.0 Å². The highest BCUT2D eigenvalue weighted by atomic mass is 33.1. The molecule has 0 bridgehead atoms. The first-order valence-corrected chi connectivity index (χ1v) is 13.9. The van der Waals surface area contributed by atoms with Gasteiger partial charge in [0.25, 0.3) is 0 Å². The van der Waals surface area contributed by atoms with E-state index in [1.54, 1.807) is 10.8 Å². The third-order valence-corrected chi connectivity index (χ3v) is 12.9. The van der Waals surface area contributed by atoms with Gasteiger partial charge in [-0.05, 0) is 86.9 Å². The zero-order valence-electron chi connectivity index (χ0n) is 17.3. The third-order valence-electron chi connectivity index (χ3n) is 9.89. The molecule has 5 heteroatoms. The molecule has 2 N–H and O–H groups in total. The lowest BCUT2D eigenvalue weighted by Gasteiger charge is -2.60. The summed E-state index contributed by atoms with van der Waals surface area (Å²) in [4.78, 5) is 13.6. The van der Waals surface area contributed by atoms with Gasteiger partial charge in [-0.15, -0.1) is 0 Å². The Labute approximate surface area is 177 Å². The SMILES string of the molecule is C[C@]12CC[C@@H](O)CC1CCC1C2CC[C@]2(C)C(=O)C(C3SSCC[C@H]3O)CC12. The van der Waals surface area contributed by atoms with Crippen molar-refractivity contribution in [2.75, 3.05) is 5.75 Å². The van der Waals surface area contributed by atoms with E-state index in [1.165, 1.54) is 19.3 Å². The third kappa shape index (κ3) is 2.89. The molecule has 10 atom stereocenters. The van der Waals surface area contributed by atoms with E-state index >= 15 is 0 Å². The fourth-order valence-corrected chi connectivity index (χ4v) is 11.3. The number of rotatable bonds is 1. The second-order valence-corrected chi connectivity index (χ2v) is 13.7. The van der Waals surface area contributed by atoms with Crippen molar-refractivity contribution >= 4 is 27.4 Å². The van der Waals surface area contributed by atoms with Crippen LogP contribution in [-0.4, -0.2) is 39.2 Å². The average molecular weight is 425 g/mol. The Kier molecular flexibility index (Phi) is 5.17. The van der Waals surface area contributed by atoms with E-state index in [-0.39, 0.29) is 28.8 Å². The molecule has 5 fully saturated rings. The average Bonchev–Trinajstić information content (AvgIpc) is 2.94. The van der Waals surface area contributed by atoms with Crippen molar-refractivity contribution in [3.63, 3.8) is 0 Å². The number of Topliss-reactive ketones (excluding diaryl/α,β-unsaturated/α-hetero) is 1. The number of aliphatic hydroxyl groups is 2. The molecule has 0 aromatic rings. The molecular weight excluding hydrogens is 388 g/mol. The summed E-state index contributed by atoms with van der Waals surface area (Å²) in [6.45, 7) is 4.77. The number of fused-ring (bicyclic) bond motifs is 5. The lowest BCUT2D eigenvalue weighted by molar-refractivity contribution is -0.143. The monoisotopic (exact) mass is 424 g/mol. The van der Waals surface area contributed by atoms with Gasteiger partial charge in [-0.1, -0.05) is 35.4 Å². The molecule has 3 nitrogen and oxygen atoms in total. The molecule has 4 saturated carbocycles. The molecule has 28 heavy (non-hydrogen) atoms. The van der Waals surface area contributed by atoms with Gasteiger partial charge in [-0.2, -0.15) is 0 Å². The Hall–Kier alpha value is 0.290. The predicted octanol–water partition coefficient (Wildman–Crippen LogP) is 4.70. The number of aliphatic hydroxyl groups excluding tert-OH is 2. The van der Waals surface area contributed by atoms with E-state index in [0.29, 0.717) is 29.0 Å². The van der Waals surface area contributed by atoms with Gasteiger partial charge in [0.05, 0.1) is 17.5 Å². The van der Waals surface area contributed by atoms with Crippen LogP contribution in [0.25, 0.3) is 0 Å². The van der Waals surface area contributed by atoms with E-state index < -0.39 is 0 Å². The van der Waals surface area contributed by atoms with Gasteiger partial charge in [0.1, 0.15) is 5.78 Å². The number of hydrogen-bond donors (Lipinski definition) is 2. The molecule has 4 aliphatic carbocycles. The highest BCUT2D eigenvalue weighted by molar-refractivity contribution is 8.77. The van der Waals surface area contributed by atoms with Crippen LogP contribution in [0.1, 0.15) is 71.6 Å². The van der Waals surface area contributed by atoms with Crippen LogP contribution in [0.4, 0.5) is 0 Å². The molecular formula is C23H36O3S2. The summed E-state index contributed by atoms with van der Waals surface area (Å²) in [5, 5.41) is 20.9. The van der Waals surface area contributed by atoms with Crippen LogP contribution in [0, 0.1) is 40.4 Å². The van der Waals surface area contributed by atoms with E-state index in [0.717, 1.165) is 50.2 Å². The Bertz CT molecular complexity index is 641. The van der Waals surface area contributed by atoms with Crippen molar-refractivity contribution in [2.45, 2.75) is 89.1 Å². The van der Waals surface area contributed by atoms with Crippen LogP contribution < -0.4 is 0 Å². The Balaban J connectivity index is 1.41. The molecule has 1 heterocycles. The molecule has 0 aromatic heterocycles. The van der Waals surface area contributed by atoms with Crippen molar-refractivity contribution in [3.8, 4) is 0 Å². The second-order valence-electron chi connectivity index (χ2n) is 11.0. The molecule has 0 radical (unpaired) electrons. The van der Waals surface area contributed by atoms with Gasteiger partial charge in [-0.3, -0.25) is 4.79 Å². The van der Waals surface area contributed by atoms with Gasteiger partial charge < -0.3 is 10.2 Å². The molecule has 5 aliphatic rings. The first-order chi connectivity index (χ1) is 13.3. The Morgan fingerprint density at radius 1 is 0.964 bits per heavy atom. The number of hydrogen-bond acceptors (Lipinski definition) is 5. The highest BCUT2D eigenvalue weighted by Crippen LogP contribution is 2.67. The van der Waals surface area contributed by atoms with Crippen molar-refractivity contribution in [1.82, 2.24) is 0 Å². The molecule has 0 spiro atoms. The first-order valence-electron chi connectivity index (χ1n) is 11.5. The van der Waals surface area contributed by atoms with Crippen LogP contribution in [0.2, 0.25) is 0 Å². The van der Waals surface area contributed by atoms with Crippen LogP contribution in [0.15, 0.2) is 0 Å². The summed E-state index contributed by atoms with van der Waals surface area (Å²) in [6.07, 6.45) is 9.26. The minimum Gasteiger partial charge on any atom is -0.393 e. The summed E-state index contributed by atoms with van der Waals surface area (Å²) < 4.78 is 0. The van der Waals surface area contributed by atoms with Crippen LogP contribution in [-0.2, 0) is 4.79 Å². The van der Waals surface area contributed by atoms with E-state index in [4.69, 9.17) is 0 Å².